The fourth-order valence-electron chi connectivity index (χ4n) is 6.81. The number of ketones is 1. The topological polar surface area (TPSA) is 63.3 Å². The summed E-state index contributed by atoms with van der Waals surface area (Å²) in [6.07, 6.45) is 11.2. The monoisotopic (exact) mass is 799 g/mol. The van der Waals surface area contributed by atoms with E-state index >= 15 is 4.39 Å². The fraction of sp³-hybridized carbons (Fsp3) is 0.400. The largest absolute Gasteiger partial charge is 0.512 e. The third-order valence-corrected chi connectivity index (χ3v) is 9.54. The molecule has 0 bridgehead atoms. The van der Waals surface area contributed by atoms with Crippen molar-refractivity contribution in [2.75, 3.05) is 0 Å². The zero-order valence-corrected chi connectivity index (χ0v) is 30.0. The minimum absolute atomic E-state index is 0. The molecule has 1 radical (unpaired) electrons. The van der Waals surface area contributed by atoms with Crippen LogP contribution in [-0.2, 0) is 24.9 Å². The van der Waals surface area contributed by atoms with Crippen LogP contribution in [0.4, 0.5) is 4.39 Å². The number of aryl methyl sites for hydroxylation is 1. The number of carbonyl (C=O) groups excluding carboxylic acids is 1. The number of benzene rings is 3. The van der Waals surface area contributed by atoms with E-state index in [2.05, 4.69) is 23.2 Å². The van der Waals surface area contributed by atoms with Crippen molar-refractivity contribution in [3.8, 4) is 11.3 Å². The zero-order valence-electron chi connectivity index (χ0n) is 27.6. The number of aliphatic hydroxyl groups excluding tert-OH is 1. The zero-order chi connectivity index (χ0) is 32.1. The fourth-order valence-corrected chi connectivity index (χ4v) is 6.81. The Labute approximate surface area is 285 Å². The van der Waals surface area contributed by atoms with Crippen molar-refractivity contribution in [1.82, 2.24) is 4.98 Å². The van der Waals surface area contributed by atoms with Crippen molar-refractivity contribution in [3.63, 3.8) is 0 Å². The van der Waals surface area contributed by atoms with Crippen LogP contribution in [0.1, 0.15) is 96.1 Å². The van der Waals surface area contributed by atoms with Gasteiger partial charge in [0.1, 0.15) is 11.4 Å². The van der Waals surface area contributed by atoms with E-state index in [1.807, 2.05) is 65.0 Å². The van der Waals surface area contributed by atoms with Gasteiger partial charge in [0.25, 0.3) is 0 Å². The molecule has 2 aromatic heterocycles. The number of aromatic nitrogens is 1. The molecule has 0 aliphatic heterocycles. The second-order valence-electron chi connectivity index (χ2n) is 12.4. The van der Waals surface area contributed by atoms with Crippen molar-refractivity contribution in [2.24, 2.45) is 11.8 Å². The maximum Gasteiger partial charge on any atom is 0.162 e. The van der Waals surface area contributed by atoms with Crippen LogP contribution in [0.2, 0.25) is 0 Å². The van der Waals surface area contributed by atoms with Crippen LogP contribution in [-0.4, -0.2) is 15.9 Å². The summed E-state index contributed by atoms with van der Waals surface area (Å²) in [5.74, 6) is 0.752. The number of halogens is 1. The molecule has 1 fully saturated rings. The minimum Gasteiger partial charge on any atom is -0.512 e. The smallest absolute Gasteiger partial charge is 0.162 e. The number of hydrogen-bond donors (Lipinski definition) is 1. The second kappa shape index (κ2) is 16.0. The van der Waals surface area contributed by atoms with E-state index in [1.165, 1.54) is 18.9 Å². The summed E-state index contributed by atoms with van der Waals surface area (Å²) in [5, 5.41) is 13.7. The van der Waals surface area contributed by atoms with Crippen LogP contribution in [0.15, 0.2) is 71.0 Å². The van der Waals surface area contributed by atoms with E-state index < -0.39 is 0 Å². The van der Waals surface area contributed by atoms with Gasteiger partial charge in [-0.3, -0.25) is 4.79 Å². The van der Waals surface area contributed by atoms with Gasteiger partial charge in [0.2, 0.25) is 0 Å². The Kier molecular flexibility index (Phi) is 12.3. The number of nitrogens with zero attached hydrogens (tertiary/aromatic N) is 1. The molecule has 1 saturated carbocycles. The molecule has 245 valence electrons. The van der Waals surface area contributed by atoms with E-state index in [-0.39, 0.29) is 49.3 Å². The van der Waals surface area contributed by atoms with E-state index in [4.69, 9.17) is 4.42 Å². The molecule has 0 atom stereocenters. The number of aliphatic hydroxyl groups is 1. The Balaban J connectivity index is 0.000000259. The first-order valence-corrected chi connectivity index (χ1v) is 16.7. The van der Waals surface area contributed by atoms with E-state index in [1.54, 1.807) is 12.3 Å². The first kappa shape index (κ1) is 35.5. The van der Waals surface area contributed by atoms with Crippen molar-refractivity contribution in [2.45, 2.75) is 91.9 Å². The van der Waals surface area contributed by atoms with E-state index in [0.29, 0.717) is 5.92 Å². The van der Waals surface area contributed by atoms with E-state index in [9.17, 15) is 9.90 Å². The van der Waals surface area contributed by atoms with Gasteiger partial charge in [-0.25, -0.2) is 4.39 Å². The third kappa shape index (κ3) is 7.45. The summed E-state index contributed by atoms with van der Waals surface area (Å²) in [4.78, 5) is 16.4. The SMILES string of the molecule is CCC(CC)C(=O)/C=C(\O)C(CC)CC.Cc1[c-]c(-c2nccc3cc(C4CCCC4)c(F)cc23)c2oc3ccccc3c2c1.[Ir]. The molecule has 4 nitrogen and oxygen atoms in total. The molecule has 3 aromatic carbocycles. The molecule has 6 rings (SSSR count). The van der Waals surface area contributed by atoms with Crippen LogP contribution in [0, 0.1) is 30.6 Å². The quantitative estimate of drug-likeness (QED) is 0.0916. The number of pyridine rings is 1. The van der Waals surface area contributed by atoms with Gasteiger partial charge in [-0.2, -0.15) is 0 Å². The molecule has 6 heteroatoms. The Hall–Kier alpha value is -3.34. The van der Waals surface area contributed by atoms with Crippen molar-refractivity contribution in [1.29, 1.82) is 0 Å². The number of rotatable bonds is 9. The number of hydrogen-bond acceptors (Lipinski definition) is 4. The number of para-hydroxylation sites is 1. The van der Waals surface area contributed by atoms with Gasteiger partial charge in [0.15, 0.2) is 5.78 Å². The maximum atomic E-state index is 15.2. The first-order valence-electron chi connectivity index (χ1n) is 16.7. The van der Waals surface area contributed by atoms with Gasteiger partial charge in [0.05, 0.1) is 11.3 Å². The van der Waals surface area contributed by atoms with Gasteiger partial charge in [-0.05, 0) is 90.7 Å². The summed E-state index contributed by atoms with van der Waals surface area (Å²) < 4.78 is 21.4. The molecule has 1 N–H and O–H groups in total. The molecule has 5 aromatic rings. The van der Waals surface area contributed by atoms with Crippen LogP contribution in [0.25, 0.3) is 44.0 Å². The predicted octanol–water partition coefficient (Wildman–Crippen LogP) is 11.6. The summed E-state index contributed by atoms with van der Waals surface area (Å²) >= 11 is 0. The van der Waals surface area contributed by atoms with E-state index in [0.717, 1.165) is 93.6 Å². The minimum atomic E-state index is -0.128. The van der Waals surface area contributed by atoms with Gasteiger partial charge in [0, 0.05) is 49.6 Å². The van der Waals surface area contributed by atoms with Crippen molar-refractivity contribution < 1.29 is 38.8 Å². The molecule has 0 spiro atoms. The standard InChI is InChI=1S/C27H21FNO.C13H24O2.Ir/c1-16-12-22-19-8-4-5-9-25(19)30-27(22)23(13-16)26-21-15-24(28)20(17-6-2-3-7-17)14-18(21)10-11-29-26;1-5-10(6-2)12(14)9-13(15)11(7-3)8-4;/h4-5,8-12,14-15,17H,2-3,6-7H2,1H3;9-11,14H,5-8H2,1-4H3;/q-1;;/b;12-9-;. The van der Waals surface area contributed by atoms with Crippen LogP contribution < -0.4 is 0 Å². The number of furan rings is 1. The van der Waals surface area contributed by atoms with Crippen LogP contribution in [0.5, 0.6) is 0 Å². The normalized spacial score (nSPS) is 13.9. The van der Waals surface area contributed by atoms with Gasteiger partial charge in [-0.15, -0.1) is 17.7 Å². The molecule has 0 amide bonds. The summed E-state index contributed by atoms with van der Waals surface area (Å²) in [7, 11) is 0. The number of fused-ring (bicyclic) bond motifs is 4. The number of allylic oxidation sites excluding steroid dienone is 2. The van der Waals surface area contributed by atoms with Gasteiger partial charge >= 0.3 is 0 Å². The Morgan fingerprint density at radius 3 is 2.33 bits per heavy atom. The summed E-state index contributed by atoms with van der Waals surface area (Å²) in [6.45, 7) is 10.1. The molecule has 46 heavy (non-hydrogen) atoms. The summed E-state index contributed by atoms with van der Waals surface area (Å²) in [5.41, 5.74) is 4.95. The second-order valence-corrected chi connectivity index (χ2v) is 12.4. The molecule has 1 aliphatic carbocycles. The van der Waals surface area contributed by atoms with Crippen molar-refractivity contribution >= 4 is 38.5 Å². The predicted molar refractivity (Wildman–Crippen MR) is 183 cm³/mol. The van der Waals surface area contributed by atoms with Gasteiger partial charge in [-0.1, -0.05) is 76.6 Å². The Morgan fingerprint density at radius 2 is 1.65 bits per heavy atom. The number of carbonyl (C=O) groups is 1. The third-order valence-electron chi connectivity index (χ3n) is 9.54. The average Bonchev–Trinajstić information content (AvgIpc) is 3.70. The first-order chi connectivity index (χ1) is 21.8. The van der Waals surface area contributed by atoms with Gasteiger partial charge < -0.3 is 14.5 Å². The van der Waals surface area contributed by atoms with Crippen LogP contribution >= 0.6 is 0 Å². The Bertz CT molecular complexity index is 1830. The average molecular weight is 799 g/mol. The molecular formula is C40H45FIrNO3-. The molecular weight excluding hydrogens is 754 g/mol. The molecule has 1 aliphatic rings. The van der Waals surface area contributed by atoms with Crippen LogP contribution in [0.3, 0.4) is 0 Å². The molecule has 0 unspecified atom stereocenters. The summed E-state index contributed by atoms with van der Waals surface area (Å²) in [6, 6.07) is 19.2. The molecule has 0 saturated heterocycles. The van der Waals surface area contributed by atoms with Crippen molar-refractivity contribution in [3.05, 3.63) is 89.6 Å². The molecule has 2 heterocycles. The Morgan fingerprint density at radius 1 is 0.978 bits per heavy atom. The maximum absolute atomic E-state index is 15.2.